The lowest BCUT2D eigenvalue weighted by molar-refractivity contribution is -0.136. The van der Waals surface area contributed by atoms with Gasteiger partial charge in [-0.1, -0.05) is 6.42 Å². The van der Waals surface area contributed by atoms with Gasteiger partial charge >= 0.3 is 0 Å². The second-order valence-electron chi connectivity index (χ2n) is 9.39. The Morgan fingerprint density at radius 1 is 1.18 bits per heavy atom. The fourth-order valence-electron chi connectivity index (χ4n) is 5.19. The van der Waals surface area contributed by atoms with Crippen LogP contribution in [0, 0.1) is 13.8 Å². The van der Waals surface area contributed by atoms with Crippen LogP contribution in [0.5, 0.6) is 5.75 Å². The summed E-state index contributed by atoms with van der Waals surface area (Å²) in [4.78, 5) is 46.6. The topological polar surface area (TPSA) is 91.8 Å². The number of nitrogens with one attached hydrogen (secondary N) is 1. The average molecular weight is 483 g/mol. The first-order valence-electron chi connectivity index (χ1n) is 12.0. The van der Waals surface area contributed by atoms with Crippen molar-refractivity contribution in [1.82, 2.24) is 20.1 Å². The predicted octanol–water partition coefficient (Wildman–Crippen LogP) is 2.95. The van der Waals surface area contributed by atoms with Gasteiger partial charge in [0, 0.05) is 36.0 Å². The molecule has 180 valence electrons. The van der Waals surface area contributed by atoms with Crippen LogP contribution in [0.3, 0.4) is 0 Å². The van der Waals surface area contributed by atoms with E-state index in [1.807, 2.05) is 12.1 Å². The number of aromatic nitrogens is 1. The summed E-state index contributed by atoms with van der Waals surface area (Å²) in [6.45, 7) is 7.06. The Kier molecular flexibility index (Phi) is 6.40. The number of ether oxygens (including phenoxy) is 1. The fourth-order valence-corrected chi connectivity index (χ4v) is 6.16. The van der Waals surface area contributed by atoms with E-state index in [2.05, 4.69) is 29.0 Å². The van der Waals surface area contributed by atoms with E-state index in [0.717, 1.165) is 41.5 Å². The van der Waals surface area contributed by atoms with Gasteiger partial charge in [0.05, 0.1) is 10.7 Å². The fraction of sp³-hybridized carbons (Fsp3) is 0.520. The number of likely N-dealkylation sites (tertiary alicyclic amines) is 1. The van der Waals surface area contributed by atoms with E-state index >= 15 is 0 Å². The minimum absolute atomic E-state index is 0.162. The number of imide groups is 1. The van der Waals surface area contributed by atoms with Crippen molar-refractivity contribution in [2.24, 2.45) is 0 Å². The first-order chi connectivity index (χ1) is 16.4. The summed E-state index contributed by atoms with van der Waals surface area (Å²) in [5, 5.41) is 3.45. The van der Waals surface area contributed by atoms with Crippen molar-refractivity contribution < 1.29 is 19.1 Å². The Bertz CT molecular complexity index is 1130. The van der Waals surface area contributed by atoms with Gasteiger partial charge in [-0.15, -0.1) is 11.3 Å². The number of hydrogen-bond donors (Lipinski definition) is 1. The molecule has 9 heteroatoms. The molecule has 0 bridgehead atoms. The van der Waals surface area contributed by atoms with Crippen molar-refractivity contribution in [2.75, 3.05) is 13.2 Å². The number of fused-ring (bicyclic) bond motifs is 1. The van der Waals surface area contributed by atoms with E-state index in [1.54, 1.807) is 22.3 Å². The number of carbonyl (C=O) groups excluding carboxylic acids is 3. The predicted molar refractivity (Wildman–Crippen MR) is 128 cm³/mol. The second-order valence-corrected chi connectivity index (χ2v) is 10.7. The van der Waals surface area contributed by atoms with Crippen LogP contribution in [0.2, 0.25) is 0 Å². The molecule has 3 amide bonds. The normalized spacial score (nSPS) is 23.2. The molecule has 1 aromatic heterocycles. The van der Waals surface area contributed by atoms with Gasteiger partial charge in [-0.05, 0) is 63.4 Å². The third-order valence-electron chi connectivity index (χ3n) is 7.03. The van der Waals surface area contributed by atoms with Crippen LogP contribution in [0.1, 0.15) is 63.6 Å². The number of carbonyl (C=O) groups is 3. The molecule has 0 spiro atoms. The van der Waals surface area contributed by atoms with Gasteiger partial charge in [0.1, 0.15) is 18.4 Å². The van der Waals surface area contributed by atoms with Crippen LogP contribution >= 0.6 is 11.3 Å². The third kappa shape index (κ3) is 4.59. The van der Waals surface area contributed by atoms with Gasteiger partial charge in [0.25, 0.3) is 5.91 Å². The largest absolute Gasteiger partial charge is 0.492 e. The Labute approximate surface area is 203 Å². The highest BCUT2D eigenvalue weighted by molar-refractivity contribution is 7.11. The number of rotatable bonds is 6. The van der Waals surface area contributed by atoms with Crippen LogP contribution < -0.4 is 10.1 Å². The Morgan fingerprint density at radius 3 is 2.79 bits per heavy atom. The number of hydrogen-bond acceptors (Lipinski definition) is 7. The molecule has 3 aliphatic rings. The molecule has 2 fully saturated rings. The smallest absolute Gasteiger partial charge is 0.255 e. The van der Waals surface area contributed by atoms with Crippen LogP contribution in [0.25, 0.3) is 0 Å². The highest BCUT2D eigenvalue weighted by Gasteiger charge is 2.39. The summed E-state index contributed by atoms with van der Waals surface area (Å²) < 4.78 is 6.22. The van der Waals surface area contributed by atoms with Crippen molar-refractivity contribution in [3.63, 3.8) is 0 Å². The number of piperidine rings is 2. The maximum atomic E-state index is 12.9. The summed E-state index contributed by atoms with van der Waals surface area (Å²) >= 11 is 1.77. The molecule has 2 atom stereocenters. The van der Waals surface area contributed by atoms with Crippen LogP contribution in [-0.2, 0) is 22.7 Å². The van der Waals surface area contributed by atoms with Crippen molar-refractivity contribution in [1.29, 1.82) is 0 Å². The molecule has 0 aliphatic carbocycles. The van der Waals surface area contributed by atoms with E-state index in [0.29, 0.717) is 31.2 Å². The lowest BCUT2D eigenvalue weighted by Crippen LogP contribution is -2.52. The van der Waals surface area contributed by atoms with Gasteiger partial charge in [-0.25, -0.2) is 4.98 Å². The molecule has 0 radical (unpaired) electrons. The van der Waals surface area contributed by atoms with Crippen molar-refractivity contribution in [3.05, 3.63) is 44.9 Å². The standard InChI is InChI=1S/C25H30N4O4S/c1-15-22(34-16(2)26-15)13-28-10-4-3-5-18(28)14-33-19-6-7-20-17(11-19)12-29(25(20)32)21-8-9-23(30)27-24(21)31/h6-7,11,18,21H,3-5,8-10,12-14H2,1-2H3,(H,27,30,31). The molecule has 8 nitrogen and oxygen atoms in total. The maximum Gasteiger partial charge on any atom is 0.255 e. The highest BCUT2D eigenvalue weighted by atomic mass is 32.1. The van der Waals surface area contributed by atoms with E-state index in [1.165, 1.54) is 17.7 Å². The SMILES string of the molecule is Cc1nc(C)c(CN2CCCCC2COc2ccc3c(c2)CN(C2CCC(=O)NC2=O)C3=O)s1. The number of aryl methyl sites for hydroxylation is 2. The summed E-state index contributed by atoms with van der Waals surface area (Å²) in [6, 6.07) is 5.29. The quantitative estimate of drug-likeness (QED) is 0.637. The molecule has 5 rings (SSSR count). The lowest BCUT2D eigenvalue weighted by atomic mass is 10.0. The third-order valence-corrected chi connectivity index (χ3v) is 8.09. The maximum absolute atomic E-state index is 12.9. The molecular formula is C25H30N4O4S. The minimum Gasteiger partial charge on any atom is -0.492 e. The molecule has 1 N–H and O–H groups in total. The van der Waals surface area contributed by atoms with E-state index in [-0.39, 0.29) is 18.2 Å². The molecule has 2 saturated heterocycles. The van der Waals surface area contributed by atoms with Gasteiger partial charge in [0.2, 0.25) is 11.8 Å². The Morgan fingerprint density at radius 2 is 2.03 bits per heavy atom. The summed E-state index contributed by atoms with van der Waals surface area (Å²) in [5.41, 5.74) is 2.59. The average Bonchev–Trinajstić information content (AvgIpc) is 3.30. The van der Waals surface area contributed by atoms with Crippen LogP contribution in [0.4, 0.5) is 0 Å². The number of amides is 3. The molecule has 2 unspecified atom stereocenters. The highest BCUT2D eigenvalue weighted by Crippen LogP contribution is 2.31. The zero-order valence-electron chi connectivity index (χ0n) is 19.6. The van der Waals surface area contributed by atoms with Crippen molar-refractivity contribution in [3.8, 4) is 5.75 Å². The van der Waals surface area contributed by atoms with Gasteiger partial charge in [-0.3, -0.25) is 24.6 Å². The molecule has 2 aromatic rings. The number of benzene rings is 1. The molecular weight excluding hydrogens is 452 g/mol. The molecule has 0 saturated carbocycles. The lowest BCUT2D eigenvalue weighted by Gasteiger charge is -2.35. The first kappa shape index (κ1) is 23.0. The van der Waals surface area contributed by atoms with Gasteiger partial charge in [0.15, 0.2) is 0 Å². The van der Waals surface area contributed by atoms with E-state index in [4.69, 9.17) is 4.74 Å². The Hall–Kier alpha value is -2.78. The molecule has 4 heterocycles. The summed E-state index contributed by atoms with van der Waals surface area (Å²) in [6.07, 6.45) is 4.12. The monoisotopic (exact) mass is 482 g/mol. The molecule has 34 heavy (non-hydrogen) atoms. The second kappa shape index (κ2) is 9.46. The number of thiazole rings is 1. The van der Waals surface area contributed by atoms with E-state index in [9.17, 15) is 14.4 Å². The van der Waals surface area contributed by atoms with Gasteiger partial charge < -0.3 is 9.64 Å². The zero-order valence-corrected chi connectivity index (χ0v) is 20.5. The Balaban J connectivity index is 1.23. The number of nitrogens with zero attached hydrogens (tertiary/aromatic N) is 3. The van der Waals surface area contributed by atoms with Crippen LogP contribution in [0.15, 0.2) is 18.2 Å². The first-order valence-corrected chi connectivity index (χ1v) is 12.8. The van der Waals surface area contributed by atoms with Crippen LogP contribution in [-0.4, -0.2) is 57.7 Å². The van der Waals surface area contributed by atoms with Gasteiger partial charge in [-0.2, -0.15) is 0 Å². The van der Waals surface area contributed by atoms with Crippen molar-refractivity contribution >= 4 is 29.1 Å². The zero-order chi connectivity index (χ0) is 23.8. The van der Waals surface area contributed by atoms with Crippen molar-refractivity contribution in [2.45, 2.75) is 71.1 Å². The summed E-state index contributed by atoms with van der Waals surface area (Å²) in [7, 11) is 0. The summed E-state index contributed by atoms with van der Waals surface area (Å²) in [5.74, 6) is -0.0899. The molecule has 3 aliphatic heterocycles. The van der Waals surface area contributed by atoms with E-state index < -0.39 is 11.9 Å². The molecule has 1 aromatic carbocycles. The minimum atomic E-state index is -0.600.